The first-order chi connectivity index (χ1) is 10.5. The first-order valence-electron chi connectivity index (χ1n) is 7.42. The van der Waals surface area contributed by atoms with E-state index in [9.17, 15) is 4.79 Å². The molecule has 1 amide bonds. The van der Waals surface area contributed by atoms with Crippen LogP contribution in [0.4, 0.5) is 0 Å². The summed E-state index contributed by atoms with van der Waals surface area (Å²) >= 11 is 7.47. The fourth-order valence-electron chi connectivity index (χ4n) is 2.90. The van der Waals surface area contributed by atoms with Crippen molar-refractivity contribution in [3.63, 3.8) is 0 Å². The number of likely N-dealkylation sites (N-methyl/N-ethyl adjacent to an activating group) is 1. The highest BCUT2D eigenvalue weighted by Crippen LogP contribution is 2.25. The summed E-state index contributed by atoms with van der Waals surface area (Å²) in [6, 6.07) is 8.34. The van der Waals surface area contributed by atoms with E-state index in [0.29, 0.717) is 13.1 Å². The Morgan fingerprint density at radius 3 is 2.95 bits per heavy atom. The molecule has 2 aromatic rings. The molecule has 3 rings (SSSR count). The molecular formula is C16H20ClN3OS. The minimum absolute atomic E-state index is 0.149. The first kappa shape index (κ1) is 15.6. The van der Waals surface area contributed by atoms with E-state index in [2.05, 4.69) is 34.7 Å². The van der Waals surface area contributed by atoms with Crippen LogP contribution in [0.1, 0.15) is 23.5 Å². The Hall–Kier alpha value is -1.30. The van der Waals surface area contributed by atoms with Crippen LogP contribution in [0, 0.1) is 0 Å². The van der Waals surface area contributed by atoms with Crippen molar-refractivity contribution in [3.05, 3.63) is 45.4 Å². The maximum atomic E-state index is 12.5. The molecule has 0 saturated carbocycles. The highest BCUT2D eigenvalue weighted by Gasteiger charge is 2.26. The zero-order chi connectivity index (χ0) is 15.7. The Bertz CT molecular complexity index is 666. The summed E-state index contributed by atoms with van der Waals surface area (Å²) in [4.78, 5) is 17.6. The van der Waals surface area contributed by atoms with Crippen molar-refractivity contribution < 1.29 is 4.79 Å². The summed E-state index contributed by atoms with van der Waals surface area (Å²) in [6.45, 7) is 5.10. The lowest BCUT2D eigenvalue weighted by Gasteiger charge is -2.35. The van der Waals surface area contributed by atoms with Crippen LogP contribution < -0.4 is 0 Å². The Morgan fingerprint density at radius 1 is 1.41 bits per heavy atom. The van der Waals surface area contributed by atoms with Gasteiger partial charge in [0.15, 0.2) is 0 Å². The van der Waals surface area contributed by atoms with Crippen LogP contribution >= 0.6 is 22.9 Å². The van der Waals surface area contributed by atoms with E-state index in [4.69, 9.17) is 11.6 Å². The minimum atomic E-state index is 0.149. The van der Waals surface area contributed by atoms with Crippen molar-refractivity contribution in [2.75, 3.05) is 20.1 Å². The van der Waals surface area contributed by atoms with Gasteiger partial charge in [0.05, 0.1) is 17.4 Å². The van der Waals surface area contributed by atoms with Crippen molar-refractivity contribution in [1.29, 1.82) is 0 Å². The number of rotatable bonds is 4. The fraction of sp³-hybridized carbons (Fsp3) is 0.438. The second-order valence-corrected chi connectivity index (χ2v) is 7.53. The number of hydrogen-bond donors (Lipinski definition) is 0. The van der Waals surface area contributed by atoms with Crippen LogP contribution in [0.2, 0.25) is 4.34 Å². The third kappa shape index (κ3) is 3.21. The van der Waals surface area contributed by atoms with Gasteiger partial charge in [0.1, 0.15) is 0 Å². The molecule has 118 valence electrons. The van der Waals surface area contributed by atoms with Crippen molar-refractivity contribution in [1.82, 2.24) is 14.4 Å². The normalized spacial score (nSPS) is 18.2. The maximum absolute atomic E-state index is 12.5. The SMILES string of the molecule is C[C@@H]1c2cccn2CCN1CC(=O)N(C)Cc1ccc(Cl)s1. The molecule has 0 spiro atoms. The summed E-state index contributed by atoms with van der Waals surface area (Å²) in [6.07, 6.45) is 2.11. The fourth-order valence-corrected chi connectivity index (χ4v) is 4.04. The molecule has 2 aromatic heterocycles. The molecule has 0 N–H and O–H groups in total. The van der Waals surface area contributed by atoms with Gasteiger partial charge in [0.2, 0.25) is 5.91 Å². The lowest BCUT2D eigenvalue weighted by molar-refractivity contribution is -0.132. The quantitative estimate of drug-likeness (QED) is 0.857. The minimum Gasteiger partial charge on any atom is -0.349 e. The van der Waals surface area contributed by atoms with E-state index < -0.39 is 0 Å². The van der Waals surface area contributed by atoms with Gasteiger partial charge in [-0.05, 0) is 31.2 Å². The van der Waals surface area contributed by atoms with Crippen molar-refractivity contribution in [3.8, 4) is 0 Å². The van der Waals surface area contributed by atoms with Gasteiger partial charge in [0, 0.05) is 42.9 Å². The summed E-state index contributed by atoms with van der Waals surface area (Å²) < 4.78 is 3.03. The van der Waals surface area contributed by atoms with Crippen molar-refractivity contribution in [2.45, 2.75) is 26.1 Å². The number of thiophene rings is 1. The molecule has 0 aromatic carbocycles. The predicted octanol–water partition coefficient (Wildman–Crippen LogP) is 3.24. The molecule has 4 nitrogen and oxygen atoms in total. The van der Waals surface area contributed by atoms with E-state index in [1.807, 2.05) is 19.2 Å². The lowest BCUT2D eigenvalue weighted by Crippen LogP contribution is -2.43. The highest BCUT2D eigenvalue weighted by molar-refractivity contribution is 7.16. The van der Waals surface area contributed by atoms with Gasteiger partial charge in [-0.3, -0.25) is 9.69 Å². The number of aromatic nitrogens is 1. The third-order valence-electron chi connectivity index (χ3n) is 4.25. The van der Waals surface area contributed by atoms with E-state index in [1.54, 1.807) is 4.90 Å². The lowest BCUT2D eigenvalue weighted by atomic mass is 10.1. The summed E-state index contributed by atoms with van der Waals surface area (Å²) in [7, 11) is 1.85. The zero-order valence-electron chi connectivity index (χ0n) is 12.8. The number of carbonyl (C=O) groups excluding carboxylic acids is 1. The third-order valence-corrected chi connectivity index (χ3v) is 5.47. The topological polar surface area (TPSA) is 28.5 Å². The van der Waals surface area contributed by atoms with Crippen molar-refractivity contribution >= 4 is 28.8 Å². The summed E-state index contributed by atoms with van der Waals surface area (Å²) in [5.74, 6) is 0.149. The van der Waals surface area contributed by atoms with E-state index in [-0.39, 0.29) is 11.9 Å². The highest BCUT2D eigenvalue weighted by atomic mass is 35.5. The number of amides is 1. The predicted molar refractivity (Wildman–Crippen MR) is 90.2 cm³/mol. The second-order valence-electron chi connectivity index (χ2n) is 5.73. The van der Waals surface area contributed by atoms with Gasteiger partial charge >= 0.3 is 0 Å². The Kier molecular flexibility index (Phi) is 4.57. The molecular weight excluding hydrogens is 318 g/mol. The number of nitrogens with zero attached hydrogens (tertiary/aromatic N) is 3. The molecule has 0 unspecified atom stereocenters. The van der Waals surface area contributed by atoms with Crippen LogP contribution in [0.25, 0.3) is 0 Å². The molecule has 0 bridgehead atoms. The molecule has 1 aliphatic rings. The molecule has 22 heavy (non-hydrogen) atoms. The molecule has 0 fully saturated rings. The molecule has 0 radical (unpaired) electrons. The van der Waals surface area contributed by atoms with Gasteiger partial charge in [-0.25, -0.2) is 0 Å². The van der Waals surface area contributed by atoms with Gasteiger partial charge < -0.3 is 9.47 Å². The number of hydrogen-bond acceptors (Lipinski definition) is 3. The van der Waals surface area contributed by atoms with Gasteiger partial charge in [-0.1, -0.05) is 11.6 Å². The van der Waals surface area contributed by atoms with Crippen LogP contribution in [0.5, 0.6) is 0 Å². The molecule has 0 saturated heterocycles. The molecule has 3 heterocycles. The zero-order valence-corrected chi connectivity index (χ0v) is 14.4. The summed E-state index contributed by atoms with van der Waals surface area (Å²) in [5, 5.41) is 0. The van der Waals surface area contributed by atoms with E-state index >= 15 is 0 Å². The Labute approximate surface area is 139 Å². The molecule has 0 aliphatic carbocycles. The first-order valence-corrected chi connectivity index (χ1v) is 8.61. The Morgan fingerprint density at radius 2 is 2.23 bits per heavy atom. The number of halogens is 1. The smallest absolute Gasteiger partial charge is 0.236 e. The average molecular weight is 338 g/mol. The van der Waals surface area contributed by atoms with E-state index in [0.717, 1.165) is 22.3 Å². The van der Waals surface area contributed by atoms with Crippen LogP contribution in [0.3, 0.4) is 0 Å². The maximum Gasteiger partial charge on any atom is 0.236 e. The van der Waals surface area contributed by atoms with Crippen LogP contribution in [-0.4, -0.2) is 40.4 Å². The average Bonchev–Trinajstić information content (AvgIpc) is 3.11. The van der Waals surface area contributed by atoms with E-state index in [1.165, 1.54) is 17.0 Å². The number of fused-ring (bicyclic) bond motifs is 1. The van der Waals surface area contributed by atoms with Gasteiger partial charge in [0.25, 0.3) is 0 Å². The largest absolute Gasteiger partial charge is 0.349 e. The second kappa shape index (κ2) is 6.44. The van der Waals surface area contributed by atoms with Gasteiger partial charge in [-0.2, -0.15) is 0 Å². The summed E-state index contributed by atoms with van der Waals surface area (Å²) in [5.41, 5.74) is 1.28. The van der Waals surface area contributed by atoms with Crippen molar-refractivity contribution in [2.24, 2.45) is 0 Å². The molecule has 1 atom stereocenters. The van der Waals surface area contributed by atoms with Gasteiger partial charge in [-0.15, -0.1) is 11.3 Å². The van der Waals surface area contributed by atoms with Crippen LogP contribution in [-0.2, 0) is 17.9 Å². The monoisotopic (exact) mass is 337 g/mol. The number of carbonyl (C=O) groups is 1. The van der Waals surface area contributed by atoms with Crippen LogP contribution in [0.15, 0.2) is 30.5 Å². The Balaban J connectivity index is 1.60. The standard InChI is InChI=1S/C16H20ClN3OS/c1-12-14-4-3-7-19(14)8-9-20(12)11-16(21)18(2)10-13-5-6-15(17)22-13/h3-7,12H,8-11H2,1-2H3/t12-/m1/s1. The molecule has 1 aliphatic heterocycles. The molecule has 6 heteroatoms.